The number of hydrogen-bond acceptors (Lipinski definition) is 5. The molecular weight excluding hydrogens is 464 g/mol. The Morgan fingerprint density at radius 2 is 1.54 bits per heavy atom. The van der Waals surface area contributed by atoms with Crippen LogP contribution in [0.4, 0.5) is 5.69 Å². The predicted octanol–water partition coefficient (Wildman–Crippen LogP) is 4.24. The molecule has 0 unspecified atom stereocenters. The second-order valence-corrected chi connectivity index (χ2v) is 9.57. The fraction of sp³-hybridized carbons (Fsp3) is 0.148. The Labute approximate surface area is 205 Å². The Balaban J connectivity index is 1.44. The summed E-state index contributed by atoms with van der Waals surface area (Å²) in [5.74, 6) is 0.581. The molecule has 0 fully saturated rings. The summed E-state index contributed by atoms with van der Waals surface area (Å²) in [6, 6.07) is 28.4. The van der Waals surface area contributed by atoms with Gasteiger partial charge in [-0.25, -0.2) is 8.42 Å². The molecule has 35 heavy (non-hydrogen) atoms. The molecule has 0 bridgehead atoms. The molecule has 0 atom stereocenters. The zero-order chi connectivity index (χ0) is 24.7. The molecule has 8 heteroatoms. The lowest BCUT2D eigenvalue weighted by molar-refractivity contribution is -0.119. The maximum absolute atomic E-state index is 13.4. The van der Waals surface area contributed by atoms with Crippen LogP contribution in [0.3, 0.4) is 0 Å². The van der Waals surface area contributed by atoms with Crippen molar-refractivity contribution in [3.8, 4) is 11.5 Å². The summed E-state index contributed by atoms with van der Waals surface area (Å²) in [7, 11) is -2.56. The van der Waals surface area contributed by atoms with Gasteiger partial charge in [0.25, 0.3) is 10.0 Å². The highest BCUT2D eigenvalue weighted by molar-refractivity contribution is 7.92. The van der Waals surface area contributed by atoms with Crippen molar-refractivity contribution in [3.63, 3.8) is 0 Å². The van der Waals surface area contributed by atoms with Crippen LogP contribution in [0.5, 0.6) is 11.5 Å². The third kappa shape index (κ3) is 5.73. The van der Waals surface area contributed by atoms with Gasteiger partial charge in [0.15, 0.2) is 0 Å². The van der Waals surface area contributed by atoms with Crippen molar-refractivity contribution >= 4 is 32.4 Å². The minimum atomic E-state index is -4.01. The second-order valence-electron chi connectivity index (χ2n) is 7.70. The van der Waals surface area contributed by atoms with Crippen LogP contribution in [0.15, 0.2) is 102 Å². The molecule has 4 aromatic rings. The van der Waals surface area contributed by atoms with Crippen LogP contribution >= 0.6 is 0 Å². The van der Waals surface area contributed by atoms with E-state index in [1.54, 1.807) is 42.5 Å². The summed E-state index contributed by atoms with van der Waals surface area (Å²) in [4.78, 5) is 12.9. The molecule has 1 amide bonds. The van der Waals surface area contributed by atoms with E-state index in [1.807, 2.05) is 42.5 Å². The first kappa shape index (κ1) is 24.1. The molecule has 0 heterocycles. The standard InChI is InChI=1S/C27H26N2O5S/c1-33-26-14-8-7-13-25(26)29(35(31,32)24-11-3-2-4-12-24)20-27(30)28-17-18-34-23-16-15-21-9-5-6-10-22(21)19-23/h2-16,19H,17-18,20H2,1H3,(H,28,30). The topological polar surface area (TPSA) is 84.9 Å². The molecule has 180 valence electrons. The summed E-state index contributed by atoms with van der Waals surface area (Å²) in [5, 5.41) is 4.92. The Morgan fingerprint density at radius 1 is 0.857 bits per heavy atom. The lowest BCUT2D eigenvalue weighted by atomic mass is 10.1. The number of anilines is 1. The van der Waals surface area contributed by atoms with Crippen molar-refractivity contribution < 1.29 is 22.7 Å². The number of carbonyl (C=O) groups is 1. The van der Waals surface area contributed by atoms with E-state index >= 15 is 0 Å². The van der Waals surface area contributed by atoms with Gasteiger partial charge >= 0.3 is 0 Å². The normalized spacial score (nSPS) is 11.1. The monoisotopic (exact) mass is 490 g/mol. The number of carbonyl (C=O) groups excluding carboxylic acids is 1. The van der Waals surface area contributed by atoms with Gasteiger partial charge < -0.3 is 14.8 Å². The summed E-state index contributed by atoms with van der Waals surface area (Å²) in [6.45, 7) is 0.0502. The lowest BCUT2D eigenvalue weighted by Gasteiger charge is -2.25. The molecule has 7 nitrogen and oxygen atoms in total. The van der Waals surface area contributed by atoms with Crippen LogP contribution in [0, 0.1) is 0 Å². The Hall–Kier alpha value is -4.04. The largest absolute Gasteiger partial charge is 0.495 e. The van der Waals surface area contributed by atoms with E-state index in [0.717, 1.165) is 15.1 Å². The summed E-state index contributed by atoms with van der Waals surface area (Å²) in [6.07, 6.45) is 0. The van der Waals surface area contributed by atoms with E-state index in [-0.39, 0.29) is 23.7 Å². The maximum Gasteiger partial charge on any atom is 0.264 e. The highest BCUT2D eigenvalue weighted by atomic mass is 32.2. The summed E-state index contributed by atoms with van der Waals surface area (Å²) >= 11 is 0. The van der Waals surface area contributed by atoms with Crippen molar-refractivity contribution in [2.75, 3.05) is 31.1 Å². The summed E-state index contributed by atoms with van der Waals surface area (Å²) in [5.41, 5.74) is 0.279. The highest BCUT2D eigenvalue weighted by Gasteiger charge is 2.29. The fourth-order valence-corrected chi connectivity index (χ4v) is 5.11. The molecule has 0 aromatic heterocycles. The minimum Gasteiger partial charge on any atom is -0.495 e. The molecule has 0 saturated heterocycles. The highest BCUT2D eigenvalue weighted by Crippen LogP contribution is 2.32. The van der Waals surface area contributed by atoms with E-state index in [2.05, 4.69) is 5.32 Å². The molecule has 4 rings (SSSR count). The van der Waals surface area contributed by atoms with Crippen molar-refractivity contribution in [3.05, 3.63) is 97.1 Å². The van der Waals surface area contributed by atoms with Crippen LogP contribution in [0.1, 0.15) is 0 Å². The number of benzene rings is 4. The van der Waals surface area contributed by atoms with Crippen molar-refractivity contribution in [2.24, 2.45) is 0 Å². The third-order valence-corrected chi connectivity index (χ3v) is 7.16. The zero-order valence-electron chi connectivity index (χ0n) is 19.3. The first-order valence-corrected chi connectivity index (χ1v) is 12.5. The Bertz CT molecular complexity index is 1410. The number of nitrogens with one attached hydrogen (secondary N) is 1. The molecule has 0 aliphatic heterocycles. The number of amides is 1. The van der Waals surface area contributed by atoms with E-state index in [0.29, 0.717) is 11.5 Å². The predicted molar refractivity (Wildman–Crippen MR) is 136 cm³/mol. The van der Waals surface area contributed by atoms with Gasteiger partial charge in [-0.3, -0.25) is 9.10 Å². The molecule has 0 saturated carbocycles. The van der Waals surface area contributed by atoms with Gasteiger partial charge in [-0.2, -0.15) is 0 Å². The van der Waals surface area contributed by atoms with E-state index < -0.39 is 22.5 Å². The van der Waals surface area contributed by atoms with E-state index in [4.69, 9.17) is 9.47 Å². The molecule has 4 aromatic carbocycles. The number of ether oxygens (including phenoxy) is 2. The first-order valence-electron chi connectivity index (χ1n) is 11.1. The van der Waals surface area contributed by atoms with E-state index in [9.17, 15) is 13.2 Å². The Morgan fingerprint density at radius 3 is 2.31 bits per heavy atom. The number of rotatable bonds is 10. The van der Waals surface area contributed by atoms with Crippen LogP contribution in [0.25, 0.3) is 10.8 Å². The maximum atomic E-state index is 13.4. The van der Waals surface area contributed by atoms with Crippen LogP contribution < -0.4 is 19.1 Å². The van der Waals surface area contributed by atoms with Crippen molar-refractivity contribution in [1.82, 2.24) is 5.32 Å². The molecule has 0 spiro atoms. The number of para-hydroxylation sites is 2. The third-order valence-electron chi connectivity index (χ3n) is 5.39. The van der Waals surface area contributed by atoms with E-state index in [1.165, 1.54) is 19.2 Å². The molecule has 0 radical (unpaired) electrons. The van der Waals surface area contributed by atoms with Crippen molar-refractivity contribution in [2.45, 2.75) is 4.90 Å². The molecule has 0 aliphatic carbocycles. The number of hydrogen-bond donors (Lipinski definition) is 1. The minimum absolute atomic E-state index is 0.0818. The van der Waals surface area contributed by atoms with Gasteiger partial charge in [0.1, 0.15) is 24.7 Å². The first-order chi connectivity index (χ1) is 17.0. The van der Waals surface area contributed by atoms with Crippen LogP contribution in [-0.4, -0.2) is 41.1 Å². The van der Waals surface area contributed by atoms with Crippen molar-refractivity contribution in [1.29, 1.82) is 0 Å². The number of fused-ring (bicyclic) bond motifs is 1. The van der Waals surface area contributed by atoms with Gasteiger partial charge in [0.2, 0.25) is 5.91 Å². The zero-order valence-corrected chi connectivity index (χ0v) is 20.1. The number of nitrogens with zero attached hydrogens (tertiary/aromatic N) is 1. The van der Waals surface area contributed by atoms with Gasteiger partial charge in [0.05, 0.1) is 24.2 Å². The van der Waals surface area contributed by atoms with Crippen LogP contribution in [0.2, 0.25) is 0 Å². The van der Waals surface area contributed by atoms with Gasteiger partial charge in [-0.05, 0) is 47.2 Å². The average Bonchev–Trinajstić information content (AvgIpc) is 2.90. The van der Waals surface area contributed by atoms with Gasteiger partial charge in [-0.1, -0.05) is 60.7 Å². The smallest absolute Gasteiger partial charge is 0.264 e. The Kier molecular flexibility index (Phi) is 7.52. The fourth-order valence-electron chi connectivity index (χ4n) is 3.66. The molecule has 0 aliphatic rings. The summed E-state index contributed by atoms with van der Waals surface area (Å²) < 4.78 is 39.0. The quantitative estimate of drug-likeness (QED) is 0.336. The molecule has 1 N–H and O–H groups in total. The van der Waals surface area contributed by atoms with Gasteiger partial charge in [0, 0.05) is 0 Å². The number of methoxy groups -OCH3 is 1. The van der Waals surface area contributed by atoms with Gasteiger partial charge in [-0.15, -0.1) is 0 Å². The molecular formula is C27H26N2O5S. The number of sulfonamides is 1. The van der Waals surface area contributed by atoms with Crippen LogP contribution in [-0.2, 0) is 14.8 Å². The average molecular weight is 491 g/mol. The SMILES string of the molecule is COc1ccccc1N(CC(=O)NCCOc1ccc2ccccc2c1)S(=O)(=O)c1ccccc1. The second kappa shape index (κ2) is 10.9. The lowest BCUT2D eigenvalue weighted by Crippen LogP contribution is -2.42.